The lowest BCUT2D eigenvalue weighted by atomic mass is 9.61. The number of aliphatic hydroxyl groups is 1. The van der Waals surface area contributed by atoms with Crippen LogP contribution in [0.3, 0.4) is 0 Å². The van der Waals surface area contributed by atoms with Gasteiger partial charge in [0.1, 0.15) is 12.2 Å². The summed E-state index contributed by atoms with van der Waals surface area (Å²) in [5, 5.41) is 31.3. The first-order valence-electron chi connectivity index (χ1n) is 12.9. The third-order valence-corrected chi connectivity index (χ3v) is 7.96. The molecule has 1 fully saturated rings. The second-order valence-electron chi connectivity index (χ2n) is 10.3. The van der Waals surface area contributed by atoms with E-state index >= 15 is 0 Å². The van der Waals surface area contributed by atoms with E-state index in [2.05, 4.69) is 0 Å². The number of rotatable bonds is 6. The highest BCUT2D eigenvalue weighted by Crippen LogP contribution is 2.51. The van der Waals surface area contributed by atoms with Crippen LogP contribution in [0.5, 0.6) is 23.0 Å². The van der Waals surface area contributed by atoms with Crippen LogP contribution in [0.15, 0.2) is 30.3 Å². The lowest BCUT2D eigenvalue weighted by Gasteiger charge is -2.46. The van der Waals surface area contributed by atoms with Gasteiger partial charge in [0.2, 0.25) is 0 Å². The van der Waals surface area contributed by atoms with E-state index in [1.165, 1.54) is 28.1 Å². The van der Waals surface area contributed by atoms with Crippen LogP contribution in [0, 0.1) is 11.8 Å². The molecule has 4 rings (SSSR count). The fourth-order valence-corrected chi connectivity index (χ4v) is 6.40. The normalized spacial score (nSPS) is 26.7. The first kappa shape index (κ1) is 27.6. The van der Waals surface area contributed by atoms with Gasteiger partial charge in [0, 0.05) is 32.1 Å². The molecule has 2 aromatic rings. The van der Waals surface area contributed by atoms with Crippen molar-refractivity contribution in [1.29, 1.82) is 0 Å². The van der Waals surface area contributed by atoms with Gasteiger partial charge in [0.15, 0.2) is 23.0 Å². The number of ether oxygens (including phenoxy) is 4. The summed E-state index contributed by atoms with van der Waals surface area (Å²) in [5.41, 5.74) is 2.65. The standard InChI is InChI=1S/C29H36O9/c1-15(31)37-20-7-18(17-5-6-25(33)28(10-17)35-3)8-22-23(27(12-20)38-16(2)32)9-19-11-29(36-4)26(34)13-21(19)24(22)14-30/h5-6,10-11,13,18,20,22-24,27,30,33-34H,7-9,12,14H2,1-4H3/t18-,20-,22+,23+,24-,27-/m1/s1. The summed E-state index contributed by atoms with van der Waals surface area (Å²) in [4.78, 5) is 24.2. The number of methoxy groups -OCH3 is 2. The number of hydrogen-bond donors (Lipinski definition) is 3. The molecule has 0 aliphatic heterocycles. The molecule has 6 atom stereocenters. The number of benzene rings is 2. The molecule has 0 saturated heterocycles. The van der Waals surface area contributed by atoms with Crippen LogP contribution in [-0.4, -0.2) is 60.3 Å². The monoisotopic (exact) mass is 528 g/mol. The van der Waals surface area contributed by atoms with Gasteiger partial charge in [-0.2, -0.15) is 0 Å². The van der Waals surface area contributed by atoms with Crippen molar-refractivity contribution in [3.05, 3.63) is 47.0 Å². The van der Waals surface area contributed by atoms with E-state index in [4.69, 9.17) is 18.9 Å². The molecule has 0 heterocycles. The van der Waals surface area contributed by atoms with Crippen molar-refractivity contribution in [3.8, 4) is 23.0 Å². The molecular formula is C29H36O9. The summed E-state index contributed by atoms with van der Waals surface area (Å²) < 4.78 is 22.2. The maximum atomic E-state index is 12.2. The average molecular weight is 529 g/mol. The van der Waals surface area contributed by atoms with Gasteiger partial charge in [-0.25, -0.2) is 0 Å². The highest BCUT2D eigenvalue weighted by atomic mass is 16.6. The quantitative estimate of drug-likeness (QED) is 0.479. The number of phenolic OH excluding ortho intramolecular Hbond substituents is 2. The minimum absolute atomic E-state index is 0.000253. The molecule has 206 valence electrons. The number of esters is 2. The zero-order valence-corrected chi connectivity index (χ0v) is 22.2. The van der Waals surface area contributed by atoms with E-state index in [0.717, 1.165) is 16.7 Å². The Hall–Kier alpha value is -3.46. The van der Waals surface area contributed by atoms with Crippen molar-refractivity contribution in [1.82, 2.24) is 0 Å². The SMILES string of the molecule is COc1cc([C@@H]2C[C@@H](OC(C)=O)C[C@@H](OC(C)=O)[C@H]3Cc4cc(OC)c(O)cc4[C@@H](CO)[C@H]3C2)ccc1O. The fourth-order valence-electron chi connectivity index (χ4n) is 6.40. The van der Waals surface area contributed by atoms with Crippen molar-refractivity contribution in [2.24, 2.45) is 11.8 Å². The zero-order valence-electron chi connectivity index (χ0n) is 22.2. The van der Waals surface area contributed by atoms with E-state index in [1.807, 2.05) is 6.07 Å². The second kappa shape index (κ2) is 11.5. The summed E-state index contributed by atoms with van der Waals surface area (Å²) in [5.74, 6) is -0.884. The third-order valence-electron chi connectivity index (χ3n) is 7.96. The Labute approximate surface area is 222 Å². The first-order valence-corrected chi connectivity index (χ1v) is 12.9. The molecule has 0 unspecified atom stereocenters. The minimum atomic E-state index is -0.542. The van der Waals surface area contributed by atoms with Gasteiger partial charge >= 0.3 is 11.9 Å². The Morgan fingerprint density at radius 2 is 1.55 bits per heavy atom. The van der Waals surface area contributed by atoms with Gasteiger partial charge in [-0.05, 0) is 72.1 Å². The maximum absolute atomic E-state index is 12.2. The highest BCUT2D eigenvalue weighted by molar-refractivity contribution is 5.67. The summed E-state index contributed by atoms with van der Waals surface area (Å²) in [6, 6.07) is 8.63. The van der Waals surface area contributed by atoms with Crippen LogP contribution in [-0.2, 0) is 25.5 Å². The Balaban J connectivity index is 1.83. The van der Waals surface area contributed by atoms with Gasteiger partial charge in [-0.15, -0.1) is 0 Å². The maximum Gasteiger partial charge on any atom is 0.302 e. The van der Waals surface area contributed by atoms with Crippen molar-refractivity contribution < 1.29 is 43.9 Å². The molecule has 2 aliphatic carbocycles. The smallest absolute Gasteiger partial charge is 0.302 e. The average Bonchev–Trinajstić information content (AvgIpc) is 2.86. The summed E-state index contributed by atoms with van der Waals surface area (Å²) >= 11 is 0. The summed E-state index contributed by atoms with van der Waals surface area (Å²) in [7, 11) is 2.97. The second-order valence-corrected chi connectivity index (χ2v) is 10.3. The van der Waals surface area contributed by atoms with Gasteiger partial charge in [0.25, 0.3) is 0 Å². The van der Waals surface area contributed by atoms with Gasteiger partial charge in [0.05, 0.1) is 20.8 Å². The van der Waals surface area contributed by atoms with Crippen LogP contribution in [0.25, 0.3) is 0 Å². The van der Waals surface area contributed by atoms with Crippen molar-refractivity contribution in [3.63, 3.8) is 0 Å². The molecule has 0 bridgehead atoms. The van der Waals surface area contributed by atoms with Gasteiger partial charge < -0.3 is 34.3 Å². The van der Waals surface area contributed by atoms with Crippen LogP contribution in [0.1, 0.15) is 61.6 Å². The highest BCUT2D eigenvalue weighted by Gasteiger charge is 2.46. The Morgan fingerprint density at radius 3 is 2.18 bits per heavy atom. The number of carbonyl (C=O) groups excluding carboxylic acids is 2. The van der Waals surface area contributed by atoms with Crippen molar-refractivity contribution >= 4 is 11.9 Å². The van der Waals surface area contributed by atoms with E-state index in [1.54, 1.807) is 24.3 Å². The number of fused-ring (bicyclic) bond motifs is 2. The molecule has 2 aromatic carbocycles. The minimum Gasteiger partial charge on any atom is -0.504 e. The zero-order chi connectivity index (χ0) is 27.6. The Morgan fingerprint density at radius 1 is 0.868 bits per heavy atom. The molecule has 0 aromatic heterocycles. The topological polar surface area (TPSA) is 132 Å². The third kappa shape index (κ3) is 5.67. The fraction of sp³-hybridized carbons (Fsp3) is 0.517. The molecule has 9 heteroatoms. The van der Waals surface area contributed by atoms with Crippen LogP contribution in [0.4, 0.5) is 0 Å². The summed E-state index contributed by atoms with van der Waals surface area (Å²) in [6.07, 6.45) is 0.849. The first-order chi connectivity index (χ1) is 18.1. The van der Waals surface area contributed by atoms with Crippen LogP contribution in [0.2, 0.25) is 0 Å². The van der Waals surface area contributed by atoms with E-state index < -0.39 is 24.1 Å². The number of phenols is 2. The van der Waals surface area contributed by atoms with E-state index in [9.17, 15) is 24.9 Å². The molecular weight excluding hydrogens is 492 g/mol. The van der Waals surface area contributed by atoms with Crippen LogP contribution >= 0.6 is 0 Å². The predicted octanol–water partition coefficient (Wildman–Crippen LogP) is 3.81. The molecule has 0 radical (unpaired) electrons. The molecule has 9 nitrogen and oxygen atoms in total. The molecule has 1 saturated carbocycles. The molecule has 0 spiro atoms. The Bertz CT molecular complexity index is 1180. The summed E-state index contributed by atoms with van der Waals surface area (Å²) in [6.45, 7) is 2.56. The lowest BCUT2D eigenvalue weighted by Crippen LogP contribution is -2.45. The van der Waals surface area contributed by atoms with Gasteiger partial charge in [-0.3, -0.25) is 9.59 Å². The number of aliphatic hydroxyl groups excluding tert-OH is 1. The van der Waals surface area contributed by atoms with E-state index in [0.29, 0.717) is 37.2 Å². The molecule has 2 aliphatic rings. The van der Waals surface area contributed by atoms with E-state index in [-0.39, 0.29) is 41.8 Å². The lowest BCUT2D eigenvalue weighted by molar-refractivity contribution is -0.159. The predicted molar refractivity (Wildman–Crippen MR) is 138 cm³/mol. The number of carbonyl (C=O) groups is 2. The molecule has 38 heavy (non-hydrogen) atoms. The molecule has 0 amide bonds. The van der Waals surface area contributed by atoms with Crippen molar-refractivity contribution in [2.45, 2.75) is 63.6 Å². The Kier molecular flexibility index (Phi) is 8.35. The number of hydrogen-bond acceptors (Lipinski definition) is 9. The van der Waals surface area contributed by atoms with Crippen LogP contribution < -0.4 is 9.47 Å². The largest absolute Gasteiger partial charge is 0.504 e. The number of aromatic hydroxyl groups is 2. The molecule has 3 N–H and O–H groups in total. The van der Waals surface area contributed by atoms with Crippen molar-refractivity contribution in [2.75, 3.05) is 20.8 Å². The van der Waals surface area contributed by atoms with Gasteiger partial charge in [-0.1, -0.05) is 6.07 Å².